The molecule has 6 heteroatoms. The zero-order chi connectivity index (χ0) is 16.2. The summed E-state index contributed by atoms with van der Waals surface area (Å²) in [4.78, 5) is 0. The van der Waals surface area contributed by atoms with Crippen LogP contribution in [0.3, 0.4) is 0 Å². The number of rotatable bonds is 5. The third-order valence-electron chi connectivity index (χ3n) is 3.09. The normalized spacial score (nSPS) is 13.1. The van der Waals surface area contributed by atoms with E-state index in [2.05, 4.69) is 0 Å². The third kappa shape index (κ3) is 4.47. The summed E-state index contributed by atoms with van der Waals surface area (Å²) in [6.45, 7) is 0.0771. The Labute approximate surface area is 131 Å². The zero-order valence-electron chi connectivity index (χ0n) is 11.5. The molecule has 0 aliphatic heterocycles. The molecule has 1 atom stereocenters. The number of ether oxygens (including phenoxy) is 1. The van der Waals surface area contributed by atoms with Crippen molar-refractivity contribution in [2.45, 2.75) is 18.9 Å². The van der Waals surface area contributed by atoms with Crippen LogP contribution in [0.15, 0.2) is 48.5 Å². The first kappa shape index (κ1) is 16.8. The molecule has 0 saturated carbocycles. The summed E-state index contributed by atoms with van der Waals surface area (Å²) in [5.74, 6) is 0. The van der Waals surface area contributed by atoms with Gasteiger partial charge in [-0.2, -0.15) is 13.2 Å². The molecule has 0 aliphatic rings. The van der Waals surface area contributed by atoms with Crippen molar-refractivity contribution in [3.8, 4) is 0 Å². The summed E-state index contributed by atoms with van der Waals surface area (Å²) in [6, 6.07) is 11.7. The van der Waals surface area contributed by atoms with E-state index in [1.54, 1.807) is 30.3 Å². The molecule has 1 N–H and O–H groups in total. The van der Waals surface area contributed by atoms with Crippen molar-refractivity contribution in [3.05, 3.63) is 70.2 Å². The van der Waals surface area contributed by atoms with Gasteiger partial charge in [-0.25, -0.2) is 0 Å². The van der Waals surface area contributed by atoms with Crippen LogP contribution >= 0.6 is 11.6 Å². The average molecular weight is 331 g/mol. The molecule has 2 nitrogen and oxygen atoms in total. The predicted octanol–water partition coefficient (Wildman–Crippen LogP) is 4.61. The van der Waals surface area contributed by atoms with Crippen molar-refractivity contribution in [1.82, 2.24) is 0 Å². The van der Waals surface area contributed by atoms with E-state index < -0.39 is 18.0 Å². The maximum atomic E-state index is 12.6. The molecule has 0 heterocycles. The number of alkyl halides is 3. The standard InChI is InChI=1S/C16H14ClF3O2/c17-14-7-2-1-6-13(14)15(21)22-9-8-11-4-3-5-12(10-11)16(18,19)20/h1-7,10,15,21H,8-9H2. The smallest absolute Gasteiger partial charge is 0.364 e. The quantitative estimate of drug-likeness (QED) is 0.811. The Morgan fingerprint density at radius 1 is 1.09 bits per heavy atom. The van der Waals surface area contributed by atoms with Crippen LogP contribution in [0.4, 0.5) is 13.2 Å². The molecule has 0 amide bonds. The van der Waals surface area contributed by atoms with Crippen LogP contribution in [0.5, 0.6) is 0 Å². The van der Waals surface area contributed by atoms with Gasteiger partial charge in [0.15, 0.2) is 6.29 Å². The summed E-state index contributed by atoms with van der Waals surface area (Å²) in [7, 11) is 0. The molecule has 118 valence electrons. The highest BCUT2D eigenvalue weighted by Crippen LogP contribution is 2.29. The Morgan fingerprint density at radius 3 is 2.50 bits per heavy atom. The molecule has 22 heavy (non-hydrogen) atoms. The summed E-state index contributed by atoms with van der Waals surface area (Å²) >= 11 is 5.92. The first-order chi connectivity index (χ1) is 10.4. The first-order valence-corrected chi connectivity index (χ1v) is 6.96. The predicted molar refractivity (Wildman–Crippen MR) is 77.5 cm³/mol. The van der Waals surface area contributed by atoms with E-state index in [9.17, 15) is 18.3 Å². The van der Waals surface area contributed by atoms with Gasteiger partial charge in [0.2, 0.25) is 0 Å². The number of hydrogen-bond donors (Lipinski definition) is 1. The highest BCUT2D eigenvalue weighted by molar-refractivity contribution is 6.31. The van der Waals surface area contributed by atoms with Crippen molar-refractivity contribution >= 4 is 11.6 Å². The Bertz CT molecular complexity index is 629. The largest absolute Gasteiger partial charge is 0.416 e. The van der Waals surface area contributed by atoms with Crippen molar-refractivity contribution in [1.29, 1.82) is 0 Å². The molecule has 2 aromatic carbocycles. The van der Waals surface area contributed by atoms with Gasteiger partial charge in [-0.15, -0.1) is 0 Å². The maximum Gasteiger partial charge on any atom is 0.416 e. The highest BCUT2D eigenvalue weighted by Gasteiger charge is 2.30. The van der Waals surface area contributed by atoms with Crippen LogP contribution in [0.25, 0.3) is 0 Å². The number of halogens is 4. The fourth-order valence-electron chi connectivity index (χ4n) is 1.96. The van der Waals surface area contributed by atoms with Crippen LogP contribution < -0.4 is 0 Å². The van der Waals surface area contributed by atoms with Gasteiger partial charge < -0.3 is 9.84 Å². The SMILES string of the molecule is OC(OCCc1cccc(C(F)(F)F)c1)c1ccccc1Cl. The topological polar surface area (TPSA) is 29.5 Å². The van der Waals surface area contributed by atoms with Gasteiger partial charge in [-0.3, -0.25) is 0 Å². The average Bonchev–Trinajstić information content (AvgIpc) is 2.47. The number of aliphatic hydroxyl groups excluding tert-OH is 1. The van der Waals surface area contributed by atoms with Crippen molar-refractivity contribution in [2.24, 2.45) is 0 Å². The molecule has 0 aliphatic carbocycles. The first-order valence-electron chi connectivity index (χ1n) is 6.58. The van der Waals surface area contributed by atoms with Crippen LogP contribution in [-0.2, 0) is 17.3 Å². The van der Waals surface area contributed by atoms with E-state index in [0.29, 0.717) is 16.1 Å². The molecule has 0 bridgehead atoms. The minimum Gasteiger partial charge on any atom is -0.364 e. The Hall–Kier alpha value is -1.56. The van der Waals surface area contributed by atoms with Crippen molar-refractivity contribution < 1.29 is 23.0 Å². The van der Waals surface area contributed by atoms with Crippen molar-refractivity contribution in [3.63, 3.8) is 0 Å². The highest BCUT2D eigenvalue weighted by atomic mass is 35.5. The lowest BCUT2D eigenvalue weighted by Gasteiger charge is -2.14. The van der Waals surface area contributed by atoms with Crippen molar-refractivity contribution in [2.75, 3.05) is 6.61 Å². The van der Waals surface area contributed by atoms with E-state index in [-0.39, 0.29) is 13.0 Å². The third-order valence-corrected chi connectivity index (χ3v) is 3.44. The van der Waals surface area contributed by atoms with Gasteiger partial charge in [0, 0.05) is 10.6 Å². The number of aliphatic hydroxyl groups is 1. The van der Waals surface area contributed by atoms with Crippen LogP contribution in [0, 0.1) is 0 Å². The number of benzene rings is 2. The molecule has 2 aromatic rings. The van der Waals surface area contributed by atoms with Gasteiger partial charge in [0.05, 0.1) is 12.2 Å². The molecule has 0 saturated heterocycles. The van der Waals surface area contributed by atoms with Gasteiger partial charge in [-0.05, 0) is 24.1 Å². The monoisotopic (exact) mass is 330 g/mol. The van der Waals surface area contributed by atoms with Gasteiger partial charge in [0.1, 0.15) is 0 Å². The molecular formula is C16H14ClF3O2. The maximum absolute atomic E-state index is 12.6. The van der Waals surface area contributed by atoms with Crippen LogP contribution in [0.2, 0.25) is 5.02 Å². The van der Waals surface area contributed by atoms with Gasteiger partial charge >= 0.3 is 6.18 Å². The second kappa shape index (κ2) is 7.13. The zero-order valence-corrected chi connectivity index (χ0v) is 12.2. The van der Waals surface area contributed by atoms with Gasteiger partial charge in [-0.1, -0.05) is 48.0 Å². The fraction of sp³-hybridized carbons (Fsp3) is 0.250. The molecule has 0 spiro atoms. The summed E-state index contributed by atoms with van der Waals surface area (Å²) < 4.78 is 43.0. The van der Waals surface area contributed by atoms with E-state index >= 15 is 0 Å². The Balaban J connectivity index is 1.93. The minimum atomic E-state index is -4.37. The van der Waals surface area contributed by atoms with Gasteiger partial charge in [0.25, 0.3) is 0 Å². The fourth-order valence-corrected chi connectivity index (χ4v) is 2.19. The molecule has 0 aromatic heterocycles. The minimum absolute atomic E-state index is 0.0771. The molecule has 1 unspecified atom stereocenters. The van der Waals surface area contributed by atoms with E-state index in [1.807, 2.05) is 0 Å². The second-order valence-electron chi connectivity index (χ2n) is 4.69. The number of hydrogen-bond acceptors (Lipinski definition) is 2. The van der Waals surface area contributed by atoms with E-state index in [4.69, 9.17) is 16.3 Å². The van der Waals surface area contributed by atoms with E-state index in [1.165, 1.54) is 6.07 Å². The van der Waals surface area contributed by atoms with E-state index in [0.717, 1.165) is 12.1 Å². The molecule has 0 radical (unpaired) electrons. The lowest BCUT2D eigenvalue weighted by Crippen LogP contribution is -2.08. The Kier molecular flexibility index (Phi) is 5.45. The molecular weight excluding hydrogens is 317 g/mol. The molecule has 2 rings (SSSR count). The summed E-state index contributed by atoms with van der Waals surface area (Å²) in [6.07, 6.45) is -5.32. The lowest BCUT2D eigenvalue weighted by atomic mass is 10.1. The van der Waals surface area contributed by atoms with Crippen LogP contribution in [-0.4, -0.2) is 11.7 Å². The Morgan fingerprint density at radius 2 is 1.82 bits per heavy atom. The lowest BCUT2D eigenvalue weighted by molar-refractivity contribution is -0.137. The summed E-state index contributed by atoms with van der Waals surface area (Å²) in [5, 5.41) is 10.2. The second-order valence-corrected chi connectivity index (χ2v) is 5.10. The van der Waals surface area contributed by atoms with Crippen LogP contribution in [0.1, 0.15) is 23.0 Å². The molecule has 0 fully saturated rings. The summed E-state index contributed by atoms with van der Waals surface area (Å²) in [5.41, 5.74) is 0.214.